The third kappa shape index (κ3) is 2.34. The maximum Gasteiger partial charge on any atom is 0.257 e. The zero-order valence-electron chi connectivity index (χ0n) is 12.7. The lowest BCUT2D eigenvalue weighted by molar-refractivity contribution is -0.142. The van der Waals surface area contributed by atoms with E-state index in [4.69, 9.17) is 4.42 Å². The summed E-state index contributed by atoms with van der Waals surface area (Å²) in [6.45, 7) is 3.20. The first-order valence-corrected chi connectivity index (χ1v) is 7.63. The molecule has 1 atom stereocenters. The van der Waals surface area contributed by atoms with Crippen molar-refractivity contribution < 1.29 is 14.0 Å². The monoisotopic (exact) mass is 290 g/mol. The molecule has 1 aromatic rings. The van der Waals surface area contributed by atoms with Gasteiger partial charge in [0.05, 0.1) is 17.4 Å². The van der Waals surface area contributed by atoms with Crippen molar-refractivity contribution in [1.82, 2.24) is 9.80 Å². The molecule has 5 heteroatoms. The van der Waals surface area contributed by atoms with Crippen LogP contribution in [0.2, 0.25) is 0 Å². The number of likely N-dealkylation sites (tertiary alicyclic amines) is 2. The summed E-state index contributed by atoms with van der Waals surface area (Å²) in [5.74, 6) is 0.884. The lowest BCUT2D eigenvalue weighted by atomic mass is 9.80. The van der Waals surface area contributed by atoms with Gasteiger partial charge < -0.3 is 14.2 Å². The Labute approximate surface area is 124 Å². The fourth-order valence-electron chi connectivity index (χ4n) is 3.71. The van der Waals surface area contributed by atoms with Crippen molar-refractivity contribution in [1.29, 1.82) is 0 Å². The van der Waals surface area contributed by atoms with E-state index in [1.165, 1.54) is 0 Å². The van der Waals surface area contributed by atoms with Gasteiger partial charge in [0.15, 0.2) is 0 Å². The summed E-state index contributed by atoms with van der Waals surface area (Å²) in [4.78, 5) is 28.5. The Morgan fingerprint density at radius 3 is 2.81 bits per heavy atom. The molecule has 0 radical (unpaired) electrons. The molecular formula is C16H22N2O3. The molecule has 1 spiro atoms. The molecule has 2 fully saturated rings. The SMILES string of the molecule is Cc1occc1C(=O)N1CCC[C@@]2(CCCC(=O)N2C)C1. The van der Waals surface area contributed by atoms with Gasteiger partial charge in [0.25, 0.3) is 5.91 Å². The average Bonchev–Trinajstić information content (AvgIpc) is 2.90. The highest BCUT2D eigenvalue weighted by Crippen LogP contribution is 2.36. The highest BCUT2D eigenvalue weighted by atomic mass is 16.3. The Morgan fingerprint density at radius 2 is 2.10 bits per heavy atom. The standard InChI is InChI=1S/C16H22N2O3/c1-12-13(6-10-21-12)15(20)18-9-4-8-16(11-18)7-3-5-14(19)17(16)2/h6,10H,3-5,7-9,11H2,1-2H3/t16-/m0/s1. The van der Waals surface area contributed by atoms with Crippen LogP contribution in [0.15, 0.2) is 16.7 Å². The number of hydrogen-bond acceptors (Lipinski definition) is 3. The van der Waals surface area contributed by atoms with E-state index in [9.17, 15) is 9.59 Å². The Balaban J connectivity index is 1.81. The zero-order chi connectivity index (χ0) is 15.0. The van der Waals surface area contributed by atoms with Crippen molar-refractivity contribution >= 4 is 11.8 Å². The largest absolute Gasteiger partial charge is 0.469 e. The van der Waals surface area contributed by atoms with Gasteiger partial charge in [-0.3, -0.25) is 9.59 Å². The Hall–Kier alpha value is -1.78. The van der Waals surface area contributed by atoms with Crippen LogP contribution >= 0.6 is 0 Å². The molecule has 3 rings (SSSR count). The van der Waals surface area contributed by atoms with E-state index in [0.717, 1.165) is 32.2 Å². The number of hydrogen-bond donors (Lipinski definition) is 0. The molecule has 0 aromatic carbocycles. The maximum atomic E-state index is 12.7. The predicted molar refractivity (Wildman–Crippen MR) is 77.9 cm³/mol. The summed E-state index contributed by atoms with van der Waals surface area (Å²) in [7, 11) is 1.89. The second-order valence-corrected chi connectivity index (χ2v) is 6.25. The Morgan fingerprint density at radius 1 is 1.33 bits per heavy atom. The number of carbonyl (C=O) groups excluding carboxylic acids is 2. The van der Waals surface area contributed by atoms with Crippen LogP contribution in [-0.4, -0.2) is 47.3 Å². The number of aryl methyl sites for hydroxylation is 1. The van der Waals surface area contributed by atoms with Crippen LogP contribution in [0.3, 0.4) is 0 Å². The van der Waals surface area contributed by atoms with Gasteiger partial charge in [-0.2, -0.15) is 0 Å². The molecule has 21 heavy (non-hydrogen) atoms. The molecular weight excluding hydrogens is 268 g/mol. The number of piperidine rings is 2. The number of amides is 2. The molecule has 0 aliphatic carbocycles. The number of likely N-dealkylation sites (N-methyl/N-ethyl adjacent to an activating group) is 1. The summed E-state index contributed by atoms with van der Waals surface area (Å²) in [5.41, 5.74) is 0.470. The van der Waals surface area contributed by atoms with Crippen LogP contribution in [0.25, 0.3) is 0 Å². The summed E-state index contributed by atoms with van der Waals surface area (Å²) in [6, 6.07) is 1.73. The topological polar surface area (TPSA) is 53.8 Å². The number of carbonyl (C=O) groups is 2. The van der Waals surface area contributed by atoms with Crippen molar-refractivity contribution in [3.05, 3.63) is 23.7 Å². The van der Waals surface area contributed by atoms with E-state index in [1.54, 1.807) is 12.3 Å². The molecule has 0 N–H and O–H groups in total. The van der Waals surface area contributed by atoms with Crippen LogP contribution in [-0.2, 0) is 4.79 Å². The molecule has 0 saturated carbocycles. The lowest BCUT2D eigenvalue weighted by Gasteiger charge is -2.50. The van der Waals surface area contributed by atoms with Crippen LogP contribution in [0.1, 0.15) is 48.2 Å². The van der Waals surface area contributed by atoms with E-state index in [0.29, 0.717) is 24.3 Å². The van der Waals surface area contributed by atoms with Gasteiger partial charge in [-0.1, -0.05) is 0 Å². The Kier molecular flexibility index (Phi) is 3.51. The van der Waals surface area contributed by atoms with E-state index in [1.807, 2.05) is 23.8 Å². The summed E-state index contributed by atoms with van der Waals surface area (Å²) in [6.07, 6.45) is 6.04. The highest BCUT2D eigenvalue weighted by Gasteiger charge is 2.44. The normalized spacial score (nSPS) is 26.5. The summed E-state index contributed by atoms with van der Waals surface area (Å²) in [5, 5.41) is 0. The van der Waals surface area contributed by atoms with Crippen LogP contribution in [0.4, 0.5) is 0 Å². The van der Waals surface area contributed by atoms with Crippen LogP contribution < -0.4 is 0 Å². The van der Waals surface area contributed by atoms with Gasteiger partial charge in [-0.15, -0.1) is 0 Å². The number of nitrogens with zero attached hydrogens (tertiary/aromatic N) is 2. The third-order valence-corrected chi connectivity index (χ3v) is 5.05. The molecule has 2 aliphatic heterocycles. The second-order valence-electron chi connectivity index (χ2n) is 6.25. The first kappa shape index (κ1) is 14.2. The van der Waals surface area contributed by atoms with Gasteiger partial charge in [0.2, 0.25) is 5.91 Å². The average molecular weight is 290 g/mol. The van der Waals surface area contributed by atoms with Crippen LogP contribution in [0.5, 0.6) is 0 Å². The van der Waals surface area contributed by atoms with Crippen molar-refractivity contribution in [2.75, 3.05) is 20.1 Å². The molecule has 5 nitrogen and oxygen atoms in total. The van der Waals surface area contributed by atoms with Gasteiger partial charge >= 0.3 is 0 Å². The van der Waals surface area contributed by atoms with Crippen LogP contribution in [0, 0.1) is 6.92 Å². The quantitative estimate of drug-likeness (QED) is 0.797. The smallest absolute Gasteiger partial charge is 0.257 e. The minimum atomic E-state index is -0.166. The Bertz CT molecular complexity index is 562. The van der Waals surface area contributed by atoms with E-state index in [-0.39, 0.29) is 17.4 Å². The molecule has 2 aliphatic rings. The number of rotatable bonds is 1. The van der Waals surface area contributed by atoms with Crippen molar-refractivity contribution in [2.45, 2.75) is 44.6 Å². The zero-order valence-corrected chi connectivity index (χ0v) is 12.7. The molecule has 0 bridgehead atoms. The summed E-state index contributed by atoms with van der Waals surface area (Å²) >= 11 is 0. The highest BCUT2D eigenvalue weighted by molar-refractivity contribution is 5.95. The van der Waals surface area contributed by atoms with Crippen molar-refractivity contribution in [2.24, 2.45) is 0 Å². The predicted octanol–water partition coefficient (Wildman–Crippen LogP) is 2.21. The molecule has 2 amide bonds. The molecule has 114 valence electrons. The van der Waals surface area contributed by atoms with Crippen molar-refractivity contribution in [3.63, 3.8) is 0 Å². The third-order valence-electron chi connectivity index (χ3n) is 5.05. The fourth-order valence-corrected chi connectivity index (χ4v) is 3.71. The first-order chi connectivity index (χ1) is 10.0. The van der Waals surface area contributed by atoms with E-state index < -0.39 is 0 Å². The minimum absolute atomic E-state index is 0.0201. The fraction of sp³-hybridized carbons (Fsp3) is 0.625. The summed E-state index contributed by atoms with van der Waals surface area (Å²) < 4.78 is 5.24. The van der Waals surface area contributed by atoms with Crippen molar-refractivity contribution in [3.8, 4) is 0 Å². The molecule has 0 unspecified atom stereocenters. The second kappa shape index (κ2) is 5.20. The molecule has 1 aromatic heterocycles. The number of furan rings is 1. The first-order valence-electron chi connectivity index (χ1n) is 7.63. The lowest BCUT2D eigenvalue weighted by Crippen LogP contribution is -2.61. The van der Waals surface area contributed by atoms with Gasteiger partial charge in [-0.05, 0) is 38.7 Å². The van der Waals surface area contributed by atoms with E-state index >= 15 is 0 Å². The molecule has 2 saturated heterocycles. The van der Waals surface area contributed by atoms with Gasteiger partial charge in [-0.25, -0.2) is 0 Å². The van der Waals surface area contributed by atoms with Gasteiger partial charge in [0, 0.05) is 26.6 Å². The molecule has 3 heterocycles. The maximum absolute atomic E-state index is 12.7. The minimum Gasteiger partial charge on any atom is -0.469 e. The van der Waals surface area contributed by atoms with E-state index in [2.05, 4.69) is 0 Å². The van der Waals surface area contributed by atoms with Gasteiger partial charge in [0.1, 0.15) is 5.76 Å².